The third kappa shape index (κ3) is 2.96. The summed E-state index contributed by atoms with van der Waals surface area (Å²) < 4.78 is 1.13. The molecule has 0 aliphatic carbocycles. The summed E-state index contributed by atoms with van der Waals surface area (Å²) in [6.07, 6.45) is 0.848. The fourth-order valence-electron chi connectivity index (χ4n) is 1.39. The van der Waals surface area contributed by atoms with Crippen molar-refractivity contribution >= 4 is 15.9 Å². The lowest BCUT2D eigenvalue weighted by Crippen LogP contribution is -2.10. The molecule has 0 amide bonds. The molecule has 0 heterocycles. The molecule has 1 atom stereocenters. The Morgan fingerprint density at radius 3 is 2.71 bits per heavy atom. The molecule has 0 aliphatic heterocycles. The van der Waals surface area contributed by atoms with Gasteiger partial charge in [0.25, 0.3) is 0 Å². The van der Waals surface area contributed by atoms with Crippen molar-refractivity contribution < 1.29 is 0 Å². The second-order valence-electron chi connectivity index (χ2n) is 3.78. The second kappa shape index (κ2) is 4.76. The van der Waals surface area contributed by atoms with E-state index in [-0.39, 0.29) is 6.04 Å². The van der Waals surface area contributed by atoms with E-state index in [4.69, 9.17) is 5.73 Å². The quantitative estimate of drug-likeness (QED) is 0.817. The van der Waals surface area contributed by atoms with Crippen molar-refractivity contribution in [1.82, 2.24) is 0 Å². The van der Waals surface area contributed by atoms with E-state index in [2.05, 4.69) is 41.6 Å². The molecule has 14 heavy (non-hydrogen) atoms. The Hall–Kier alpha value is -0.600. The number of aryl methyl sites for hydroxylation is 1. The SMILES string of the molecule is C=C(C)CC(N)c1ccc(Br)c(C)c1. The number of hydrogen-bond acceptors (Lipinski definition) is 1. The summed E-state index contributed by atoms with van der Waals surface area (Å²) >= 11 is 3.47. The van der Waals surface area contributed by atoms with Gasteiger partial charge in [-0.15, -0.1) is 6.58 Å². The van der Waals surface area contributed by atoms with E-state index < -0.39 is 0 Å². The lowest BCUT2D eigenvalue weighted by atomic mass is 10.00. The summed E-state index contributed by atoms with van der Waals surface area (Å²) in [5.41, 5.74) is 9.56. The molecule has 0 radical (unpaired) electrons. The van der Waals surface area contributed by atoms with Crippen LogP contribution in [0.15, 0.2) is 34.8 Å². The van der Waals surface area contributed by atoms with Gasteiger partial charge in [-0.2, -0.15) is 0 Å². The molecular formula is C12H16BrN. The van der Waals surface area contributed by atoms with E-state index in [1.165, 1.54) is 11.1 Å². The summed E-state index contributed by atoms with van der Waals surface area (Å²) in [5, 5.41) is 0. The van der Waals surface area contributed by atoms with Crippen LogP contribution in [0.1, 0.15) is 30.5 Å². The molecule has 1 aromatic rings. The predicted molar refractivity (Wildman–Crippen MR) is 65.2 cm³/mol. The van der Waals surface area contributed by atoms with Gasteiger partial charge in [-0.25, -0.2) is 0 Å². The highest BCUT2D eigenvalue weighted by atomic mass is 79.9. The molecule has 76 valence electrons. The lowest BCUT2D eigenvalue weighted by Gasteiger charge is -2.13. The number of nitrogens with two attached hydrogens (primary N) is 1. The van der Waals surface area contributed by atoms with E-state index in [9.17, 15) is 0 Å². The van der Waals surface area contributed by atoms with Crippen molar-refractivity contribution in [3.05, 3.63) is 46.0 Å². The molecule has 0 saturated heterocycles. The van der Waals surface area contributed by atoms with Crippen LogP contribution in [-0.4, -0.2) is 0 Å². The third-order valence-electron chi connectivity index (χ3n) is 2.18. The predicted octanol–water partition coefficient (Wildman–Crippen LogP) is 3.72. The zero-order valence-corrected chi connectivity index (χ0v) is 10.3. The van der Waals surface area contributed by atoms with Crippen molar-refractivity contribution in [2.75, 3.05) is 0 Å². The van der Waals surface area contributed by atoms with Crippen LogP contribution in [0.2, 0.25) is 0 Å². The van der Waals surface area contributed by atoms with Crippen molar-refractivity contribution in [3.63, 3.8) is 0 Å². The van der Waals surface area contributed by atoms with Crippen LogP contribution >= 0.6 is 15.9 Å². The Kier molecular flexibility index (Phi) is 3.90. The smallest absolute Gasteiger partial charge is 0.0332 e. The first-order chi connectivity index (χ1) is 6.50. The van der Waals surface area contributed by atoms with E-state index >= 15 is 0 Å². The first-order valence-corrected chi connectivity index (χ1v) is 5.46. The van der Waals surface area contributed by atoms with Gasteiger partial charge in [0.2, 0.25) is 0 Å². The molecular weight excluding hydrogens is 238 g/mol. The monoisotopic (exact) mass is 253 g/mol. The summed E-state index contributed by atoms with van der Waals surface area (Å²) in [7, 11) is 0. The first kappa shape index (κ1) is 11.5. The molecule has 0 bridgehead atoms. The van der Waals surface area contributed by atoms with Crippen LogP contribution in [-0.2, 0) is 0 Å². The average molecular weight is 254 g/mol. The highest BCUT2D eigenvalue weighted by molar-refractivity contribution is 9.10. The maximum Gasteiger partial charge on any atom is 0.0332 e. The van der Waals surface area contributed by atoms with Crippen LogP contribution in [0.3, 0.4) is 0 Å². The van der Waals surface area contributed by atoms with Crippen LogP contribution < -0.4 is 5.73 Å². The van der Waals surface area contributed by atoms with Gasteiger partial charge in [0.05, 0.1) is 0 Å². The Morgan fingerprint density at radius 1 is 1.57 bits per heavy atom. The fourth-order valence-corrected chi connectivity index (χ4v) is 1.64. The van der Waals surface area contributed by atoms with Gasteiger partial charge >= 0.3 is 0 Å². The van der Waals surface area contributed by atoms with E-state index in [0.29, 0.717) is 0 Å². The van der Waals surface area contributed by atoms with Crippen LogP contribution in [0.25, 0.3) is 0 Å². The number of benzene rings is 1. The minimum atomic E-state index is 0.0688. The van der Waals surface area contributed by atoms with Crippen molar-refractivity contribution in [2.45, 2.75) is 26.3 Å². The van der Waals surface area contributed by atoms with E-state index in [1.54, 1.807) is 0 Å². The van der Waals surface area contributed by atoms with Crippen LogP contribution in [0.5, 0.6) is 0 Å². The van der Waals surface area contributed by atoms with Gasteiger partial charge in [0.1, 0.15) is 0 Å². The van der Waals surface area contributed by atoms with Gasteiger partial charge in [0.15, 0.2) is 0 Å². The number of halogens is 1. The Labute approximate surface area is 94.1 Å². The molecule has 1 unspecified atom stereocenters. The van der Waals surface area contributed by atoms with Crippen LogP contribution in [0.4, 0.5) is 0 Å². The van der Waals surface area contributed by atoms with Gasteiger partial charge in [0, 0.05) is 10.5 Å². The standard InChI is InChI=1S/C12H16BrN/c1-8(2)6-12(14)10-4-5-11(13)9(3)7-10/h4-5,7,12H,1,6,14H2,2-3H3. The normalized spacial score (nSPS) is 12.6. The summed E-state index contributed by atoms with van der Waals surface area (Å²) in [5.74, 6) is 0. The fraction of sp³-hybridized carbons (Fsp3) is 0.333. The topological polar surface area (TPSA) is 26.0 Å². The highest BCUT2D eigenvalue weighted by Crippen LogP contribution is 2.23. The van der Waals surface area contributed by atoms with Gasteiger partial charge < -0.3 is 5.73 Å². The maximum absolute atomic E-state index is 6.04. The minimum absolute atomic E-state index is 0.0688. The van der Waals surface area contributed by atoms with Crippen molar-refractivity contribution in [1.29, 1.82) is 0 Å². The van der Waals surface area contributed by atoms with Crippen molar-refractivity contribution in [3.8, 4) is 0 Å². The Bertz CT molecular complexity index is 344. The van der Waals surface area contributed by atoms with Gasteiger partial charge in [-0.05, 0) is 37.5 Å². The van der Waals surface area contributed by atoms with Crippen LogP contribution in [0, 0.1) is 6.92 Å². The molecule has 0 fully saturated rings. The second-order valence-corrected chi connectivity index (χ2v) is 4.63. The largest absolute Gasteiger partial charge is 0.324 e. The molecule has 0 saturated carbocycles. The zero-order chi connectivity index (χ0) is 10.7. The van der Waals surface area contributed by atoms with E-state index in [0.717, 1.165) is 16.5 Å². The molecule has 1 nitrogen and oxygen atoms in total. The van der Waals surface area contributed by atoms with Gasteiger partial charge in [-0.1, -0.05) is 33.6 Å². The molecule has 0 aromatic heterocycles. The number of hydrogen-bond donors (Lipinski definition) is 1. The van der Waals surface area contributed by atoms with E-state index in [1.807, 2.05) is 13.0 Å². The zero-order valence-electron chi connectivity index (χ0n) is 8.68. The Morgan fingerprint density at radius 2 is 2.21 bits per heavy atom. The van der Waals surface area contributed by atoms with Gasteiger partial charge in [-0.3, -0.25) is 0 Å². The highest BCUT2D eigenvalue weighted by Gasteiger charge is 2.06. The molecule has 1 rings (SSSR count). The summed E-state index contributed by atoms with van der Waals surface area (Å²) in [6.45, 7) is 7.95. The lowest BCUT2D eigenvalue weighted by molar-refractivity contribution is 0.716. The molecule has 1 aromatic carbocycles. The maximum atomic E-state index is 6.04. The number of rotatable bonds is 3. The summed E-state index contributed by atoms with van der Waals surface area (Å²) in [6, 6.07) is 6.30. The average Bonchev–Trinajstić information content (AvgIpc) is 2.08. The third-order valence-corrected chi connectivity index (χ3v) is 3.07. The summed E-state index contributed by atoms with van der Waals surface area (Å²) in [4.78, 5) is 0. The first-order valence-electron chi connectivity index (χ1n) is 4.66. The Balaban J connectivity index is 2.85. The molecule has 2 N–H and O–H groups in total. The van der Waals surface area contributed by atoms with Crippen molar-refractivity contribution in [2.24, 2.45) is 5.73 Å². The molecule has 0 aliphatic rings. The minimum Gasteiger partial charge on any atom is -0.324 e. The molecule has 0 spiro atoms. The molecule has 2 heteroatoms.